The van der Waals surface area contributed by atoms with Gasteiger partial charge in [0.25, 0.3) is 0 Å². The molecule has 18 heavy (non-hydrogen) atoms. The van der Waals surface area contributed by atoms with Crippen molar-refractivity contribution in [2.75, 3.05) is 19.0 Å². The fourth-order valence-corrected chi connectivity index (χ4v) is 1.60. The van der Waals surface area contributed by atoms with E-state index in [2.05, 4.69) is 9.97 Å². The second kappa shape index (κ2) is 5.45. The third kappa shape index (κ3) is 2.94. The van der Waals surface area contributed by atoms with Gasteiger partial charge in [0.1, 0.15) is 6.04 Å². The minimum atomic E-state index is -0.619. The van der Waals surface area contributed by atoms with Gasteiger partial charge in [-0.15, -0.1) is 0 Å². The lowest BCUT2D eigenvalue weighted by Gasteiger charge is -2.23. The molecule has 0 unspecified atom stereocenters. The Morgan fingerprint density at radius 1 is 1.33 bits per heavy atom. The van der Waals surface area contributed by atoms with Crippen LogP contribution in [0.4, 0.5) is 5.95 Å². The van der Waals surface area contributed by atoms with Crippen molar-refractivity contribution in [2.45, 2.75) is 26.8 Å². The number of hydrogen-bond acceptors (Lipinski definition) is 5. The fraction of sp³-hybridized carbons (Fsp3) is 0.500. The van der Waals surface area contributed by atoms with Gasteiger partial charge in [0.05, 0.1) is 0 Å². The number of rotatable bonds is 3. The molecule has 1 heterocycles. The topological polar surface area (TPSA) is 73.1 Å². The van der Waals surface area contributed by atoms with E-state index in [9.17, 15) is 10.1 Å². The molecule has 0 aromatic carbocycles. The van der Waals surface area contributed by atoms with Gasteiger partial charge in [-0.25, -0.2) is 14.9 Å². The number of anilines is 1. The first-order chi connectivity index (χ1) is 8.36. The fourth-order valence-electron chi connectivity index (χ4n) is 1.60. The molecule has 6 nitrogen and oxygen atoms in total. The standard InChI is InChI=1S/C12H17N5O/c1-8-6-9(2)15-12(14-8)17(7-13)10(3)11(18)16(4)5/h6,10H,1-5H3/t10-/m1/s1. The molecule has 0 aliphatic carbocycles. The maximum atomic E-state index is 11.9. The molecule has 0 fully saturated rings. The van der Waals surface area contributed by atoms with Crippen molar-refractivity contribution in [3.63, 3.8) is 0 Å². The Kier molecular flexibility index (Phi) is 4.21. The number of amides is 1. The molecule has 1 rings (SSSR count). The predicted molar refractivity (Wildman–Crippen MR) is 67.8 cm³/mol. The lowest BCUT2D eigenvalue weighted by molar-refractivity contribution is -0.129. The number of likely N-dealkylation sites (N-methyl/N-ethyl adjacent to an activating group) is 1. The highest BCUT2D eigenvalue weighted by molar-refractivity contribution is 5.84. The van der Waals surface area contributed by atoms with Crippen LogP contribution >= 0.6 is 0 Å². The Morgan fingerprint density at radius 2 is 1.83 bits per heavy atom. The second-order valence-electron chi connectivity index (χ2n) is 4.33. The molecule has 0 saturated carbocycles. The summed E-state index contributed by atoms with van der Waals surface area (Å²) in [4.78, 5) is 22.9. The van der Waals surface area contributed by atoms with Gasteiger partial charge in [-0.2, -0.15) is 5.26 Å². The Labute approximate surface area is 107 Å². The van der Waals surface area contributed by atoms with Gasteiger partial charge >= 0.3 is 0 Å². The van der Waals surface area contributed by atoms with Gasteiger partial charge in [0.15, 0.2) is 6.19 Å². The summed E-state index contributed by atoms with van der Waals surface area (Å²) in [6.07, 6.45) is 1.97. The van der Waals surface area contributed by atoms with Crippen molar-refractivity contribution in [1.29, 1.82) is 5.26 Å². The normalized spacial score (nSPS) is 11.6. The van der Waals surface area contributed by atoms with Crippen LogP contribution < -0.4 is 4.90 Å². The Balaban J connectivity index is 3.11. The van der Waals surface area contributed by atoms with Gasteiger partial charge in [-0.1, -0.05) is 0 Å². The van der Waals surface area contributed by atoms with Crippen LogP contribution in [0.2, 0.25) is 0 Å². The molecular weight excluding hydrogens is 230 g/mol. The van der Waals surface area contributed by atoms with E-state index in [1.54, 1.807) is 21.0 Å². The Hall–Kier alpha value is -2.16. The summed E-state index contributed by atoms with van der Waals surface area (Å²) in [5, 5.41) is 9.19. The SMILES string of the molecule is Cc1cc(C)nc(N(C#N)[C@H](C)C(=O)N(C)C)n1. The zero-order chi connectivity index (χ0) is 13.9. The first-order valence-corrected chi connectivity index (χ1v) is 5.59. The first kappa shape index (κ1) is 13.9. The van der Waals surface area contributed by atoms with Gasteiger partial charge in [-0.3, -0.25) is 4.79 Å². The van der Waals surface area contributed by atoms with Gasteiger partial charge in [0, 0.05) is 25.5 Å². The molecule has 0 aliphatic rings. The molecule has 0 saturated heterocycles. The molecular formula is C12H17N5O. The number of carbonyl (C=O) groups is 1. The van der Waals surface area contributed by atoms with Crippen LogP contribution in [-0.4, -0.2) is 40.9 Å². The molecule has 1 aromatic rings. The molecule has 6 heteroatoms. The van der Waals surface area contributed by atoms with Gasteiger partial charge in [0.2, 0.25) is 11.9 Å². The highest BCUT2D eigenvalue weighted by Crippen LogP contribution is 2.13. The average Bonchev–Trinajstić information content (AvgIpc) is 2.27. The molecule has 0 radical (unpaired) electrons. The number of carbonyl (C=O) groups excluding carboxylic acids is 1. The van der Waals surface area contributed by atoms with E-state index in [-0.39, 0.29) is 11.9 Å². The van der Waals surface area contributed by atoms with Crippen LogP contribution in [0.15, 0.2) is 6.07 Å². The van der Waals surface area contributed by atoms with E-state index in [0.717, 1.165) is 11.4 Å². The largest absolute Gasteiger partial charge is 0.347 e. The Bertz CT molecular complexity index is 471. The lowest BCUT2D eigenvalue weighted by atomic mass is 10.2. The van der Waals surface area contributed by atoms with Gasteiger partial charge < -0.3 is 4.90 Å². The van der Waals surface area contributed by atoms with Crippen molar-refractivity contribution in [3.05, 3.63) is 17.5 Å². The molecule has 1 amide bonds. The van der Waals surface area contributed by atoms with Crippen molar-refractivity contribution in [2.24, 2.45) is 0 Å². The van der Waals surface area contributed by atoms with Crippen LogP contribution in [0, 0.1) is 25.3 Å². The van der Waals surface area contributed by atoms with E-state index < -0.39 is 6.04 Å². The molecule has 96 valence electrons. The summed E-state index contributed by atoms with van der Waals surface area (Å²) < 4.78 is 0. The molecule has 1 atom stereocenters. The third-order valence-electron chi connectivity index (χ3n) is 2.48. The zero-order valence-corrected chi connectivity index (χ0v) is 11.3. The number of aryl methyl sites for hydroxylation is 2. The smallest absolute Gasteiger partial charge is 0.245 e. The summed E-state index contributed by atoms with van der Waals surface area (Å²) in [5.74, 6) is 0.0945. The van der Waals surface area contributed by atoms with Crippen molar-refractivity contribution >= 4 is 11.9 Å². The number of nitrogens with zero attached hydrogens (tertiary/aromatic N) is 5. The van der Waals surface area contributed by atoms with E-state index in [1.807, 2.05) is 26.1 Å². The summed E-state index contributed by atoms with van der Waals surface area (Å²) in [6, 6.07) is 1.20. The summed E-state index contributed by atoms with van der Waals surface area (Å²) in [5.41, 5.74) is 1.53. The minimum absolute atomic E-state index is 0.167. The van der Waals surface area contributed by atoms with Crippen LogP contribution in [-0.2, 0) is 4.79 Å². The van der Waals surface area contributed by atoms with E-state index in [0.29, 0.717) is 0 Å². The van der Waals surface area contributed by atoms with Crippen LogP contribution in [0.1, 0.15) is 18.3 Å². The number of nitriles is 1. The molecule has 1 aromatic heterocycles. The molecule has 0 N–H and O–H groups in total. The lowest BCUT2D eigenvalue weighted by Crippen LogP contribution is -2.43. The van der Waals surface area contributed by atoms with E-state index >= 15 is 0 Å². The van der Waals surface area contributed by atoms with Crippen molar-refractivity contribution in [1.82, 2.24) is 14.9 Å². The van der Waals surface area contributed by atoms with Crippen LogP contribution in [0.25, 0.3) is 0 Å². The minimum Gasteiger partial charge on any atom is -0.347 e. The zero-order valence-electron chi connectivity index (χ0n) is 11.3. The number of hydrogen-bond donors (Lipinski definition) is 0. The third-order valence-corrected chi connectivity index (χ3v) is 2.48. The maximum Gasteiger partial charge on any atom is 0.245 e. The summed E-state index contributed by atoms with van der Waals surface area (Å²) >= 11 is 0. The average molecular weight is 247 g/mol. The van der Waals surface area contributed by atoms with E-state index in [4.69, 9.17) is 0 Å². The molecule has 0 aliphatic heterocycles. The van der Waals surface area contributed by atoms with Crippen LogP contribution in [0.5, 0.6) is 0 Å². The highest BCUT2D eigenvalue weighted by Gasteiger charge is 2.25. The Morgan fingerprint density at radius 3 is 2.22 bits per heavy atom. The monoisotopic (exact) mass is 247 g/mol. The second-order valence-corrected chi connectivity index (χ2v) is 4.33. The first-order valence-electron chi connectivity index (χ1n) is 5.59. The predicted octanol–water partition coefficient (Wildman–Crippen LogP) is 0.858. The van der Waals surface area contributed by atoms with E-state index in [1.165, 1.54) is 9.80 Å². The molecule has 0 bridgehead atoms. The molecule has 0 spiro atoms. The maximum absolute atomic E-state index is 11.9. The quantitative estimate of drug-likeness (QED) is 0.585. The van der Waals surface area contributed by atoms with Crippen molar-refractivity contribution in [3.8, 4) is 6.19 Å². The van der Waals surface area contributed by atoms with Gasteiger partial charge in [-0.05, 0) is 26.8 Å². The summed E-state index contributed by atoms with van der Waals surface area (Å²) in [7, 11) is 3.30. The van der Waals surface area contributed by atoms with Crippen LogP contribution in [0.3, 0.4) is 0 Å². The number of aromatic nitrogens is 2. The summed E-state index contributed by atoms with van der Waals surface area (Å²) in [6.45, 7) is 5.31. The highest BCUT2D eigenvalue weighted by atomic mass is 16.2. The van der Waals surface area contributed by atoms with Crippen molar-refractivity contribution < 1.29 is 4.79 Å².